The smallest absolute Gasteiger partial charge is 0.264 e. The van der Waals surface area contributed by atoms with E-state index in [-0.39, 0.29) is 12.5 Å². The molecule has 6 heteroatoms. The summed E-state index contributed by atoms with van der Waals surface area (Å²) in [4.78, 5) is 15.5. The molecular weight excluding hydrogens is 346 g/mol. The number of unbranched alkanes of at least 4 members (excludes halogenated alkanes) is 2. The van der Waals surface area contributed by atoms with Crippen molar-refractivity contribution in [1.82, 2.24) is 14.7 Å². The number of nitrogens with zero attached hydrogens (tertiary/aromatic N) is 3. The largest absolute Gasteiger partial charge is 0.395 e. The van der Waals surface area contributed by atoms with Crippen LogP contribution in [0.25, 0.3) is 21.2 Å². The van der Waals surface area contributed by atoms with Crippen LogP contribution in [0, 0.1) is 0 Å². The third kappa shape index (κ3) is 3.97. The molecule has 0 aliphatic rings. The molecule has 0 fully saturated rings. The van der Waals surface area contributed by atoms with Crippen molar-refractivity contribution in [3.8, 4) is 11.1 Å². The number of hydrogen-bond acceptors (Lipinski definition) is 4. The van der Waals surface area contributed by atoms with Gasteiger partial charge in [-0.3, -0.25) is 9.48 Å². The number of hydrogen-bond donors (Lipinski definition) is 1. The van der Waals surface area contributed by atoms with Crippen molar-refractivity contribution >= 4 is 27.3 Å². The van der Waals surface area contributed by atoms with Crippen LogP contribution in [0.4, 0.5) is 0 Å². The summed E-state index contributed by atoms with van der Waals surface area (Å²) in [5.74, 6) is 0.00786. The van der Waals surface area contributed by atoms with E-state index in [9.17, 15) is 9.90 Å². The van der Waals surface area contributed by atoms with E-state index in [4.69, 9.17) is 0 Å². The van der Waals surface area contributed by atoms with E-state index >= 15 is 0 Å². The van der Waals surface area contributed by atoms with Gasteiger partial charge in [0.05, 0.1) is 17.7 Å². The molecular formula is C20H25N3O2S. The van der Waals surface area contributed by atoms with Gasteiger partial charge in [0.25, 0.3) is 5.91 Å². The number of amides is 1. The lowest BCUT2D eigenvalue weighted by Crippen LogP contribution is -2.34. The molecule has 0 saturated carbocycles. The summed E-state index contributed by atoms with van der Waals surface area (Å²) in [6.07, 6.45) is 6.99. The average molecular weight is 372 g/mol. The lowest BCUT2D eigenvalue weighted by Gasteiger charge is -2.20. The summed E-state index contributed by atoms with van der Waals surface area (Å²) in [5, 5.41) is 14.7. The van der Waals surface area contributed by atoms with E-state index in [1.165, 1.54) is 11.3 Å². The molecule has 0 atom stereocenters. The van der Waals surface area contributed by atoms with Gasteiger partial charge in [-0.05, 0) is 24.1 Å². The summed E-state index contributed by atoms with van der Waals surface area (Å²) in [5.41, 5.74) is 2.13. The van der Waals surface area contributed by atoms with Crippen molar-refractivity contribution < 1.29 is 9.90 Å². The molecule has 3 aromatic rings. The summed E-state index contributed by atoms with van der Waals surface area (Å²) in [6, 6.07) is 8.11. The highest BCUT2D eigenvalue weighted by molar-refractivity contribution is 7.20. The molecule has 0 aliphatic heterocycles. The van der Waals surface area contributed by atoms with Gasteiger partial charge < -0.3 is 10.0 Å². The number of rotatable bonds is 8. The van der Waals surface area contributed by atoms with Crippen molar-refractivity contribution in [2.24, 2.45) is 7.05 Å². The molecule has 1 N–H and O–H groups in total. The van der Waals surface area contributed by atoms with Crippen molar-refractivity contribution in [1.29, 1.82) is 0 Å². The van der Waals surface area contributed by atoms with E-state index in [1.54, 1.807) is 9.58 Å². The fraction of sp³-hybridized carbons (Fsp3) is 0.400. The van der Waals surface area contributed by atoms with E-state index < -0.39 is 0 Å². The van der Waals surface area contributed by atoms with Crippen molar-refractivity contribution in [3.05, 3.63) is 41.5 Å². The van der Waals surface area contributed by atoms with Gasteiger partial charge in [0.2, 0.25) is 0 Å². The van der Waals surface area contributed by atoms with Crippen molar-refractivity contribution in [2.45, 2.75) is 26.2 Å². The molecule has 0 aliphatic carbocycles. The molecule has 26 heavy (non-hydrogen) atoms. The Hall–Kier alpha value is -2.18. The highest BCUT2D eigenvalue weighted by Crippen LogP contribution is 2.34. The quantitative estimate of drug-likeness (QED) is 0.611. The summed E-state index contributed by atoms with van der Waals surface area (Å²) in [7, 11) is 1.90. The van der Waals surface area contributed by atoms with E-state index in [2.05, 4.69) is 18.1 Å². The standard InChI is InChI=1S/C20H25N3O2S/c1-3-4-5-9-23(10-11-24)20(25)19-12-17-16(7-6-8-18(17)26-19)15-13-21-22(2)14-15/h6-8,12-14,24H,3-5,9-11H2,1-2H3. The summed E-state index contributed by atoms with van der Waals surface area (Å²) in [6.45, 7) is 3.21. The minimum Gasteiger partial charge on any atom is -0.395 e. The second kappa shape index (κ2) is 8.47. The van der Waals surface area contributed by atoms with Crippen LogP contribution < -0.4 is 0 Å². The zero-order valence-corrected chi connectivity index (χ0v) is 16.1. The monoisotopic (exact) mass is 371 g/mol. The van der Waals surface area contributed by atoms with Gasteiger partial charge in [0.15, 0.2) is 0 Å². The fourth-order valence-corrected chi connectivity index (χ4v) is 4.18. The number of fused-ring (bicyclic) bond motifs is 1. The lowest BCUT2D eigenvalue weighted by atomic mass is 10.1. The number of aromatic nitrogens is 2. The Labute approximate surface area is 157 Å². The first-order valence-electron chi connectivity index (χ1n) is 9.05. The van der Waals surface area contributed by atoms with Crippen LogP contribution in [0.2, 0.25) is 0 Å². The Morgan fingerprint density at radius 3 is 2.85 bits per heavy atom. The Balaban J connectivity index is 1.91. The Morgan fingerprint density at radius 1 is 1.31 bits per heavy atom. The Morgan fingerprint density at radius 2 is 2.15 bits per heavy atom. The molecule has 2 aromatic heterocycles. The van der Waals surface area contributed by atoms with Crippen LogP contribution in [0.15, 0.2) is 36.7 Å². The topological polar surface area (TPSA) is 58.4 Å². The van der Waals surface area contributed by atoms with Crippen LogP contribution in [0.3, 0.4) is 0 Å². The maximum atomic E-state index is 13.0. The molecule has 0 saturated heterocycles. The number of aliphatic hydroxyl groups is 1. The minimum atomic E-state index is -0.0102. The number of benzene rings is 1. The summed E-state index contributed by atoms with van der Waals surface area (Å²) >= 11 is 1.51. The lowest BCUT2D eigenvalue weighted by molar-refractivity contribution is 0.0723. The second-order valence-electron chi connectivity index (χ2n) is 6.45. The molecule has 0 unspecified atom stereocenters. The molecule has 138 valence electrons. The fourth-order valence-electron chi connectivity index (χ4n) is 3.12. The van der Waals surface area contributed by atoms with Gasteiger partial charge in [0.1, 0.15) is 0 Å². The number of carbonyl (C=O) groups is 1. The van der Waals surface area contributed by atoms with Gasteiger partial charge in [-0.2, -0.15) is 5.10 Å². The van der Waals surface area contributed by atoms with Crippen molar-refractivity contribution in [2.75, 3.05) is 19.7 Å². The third-order valence-electron chi connectivity index (χ3n) is 4.48. The number of thiophene rings is 1. The maximum Gasteiger partial charge on any atom is 0.264 e. The van der Waals surface area contributed by atoms with Crippen LogP contribution in [-0.4, -0.2) is 45.4 Å². The SMILES string of the molecule is CCCCCN(CCO)C(=O)c1cc2c(-c3cnn(C)c3)cccc2s1. The van der Waals surface area contributed by atoms with Gasteiger partial charge in [-0.1, -0.05) is 31.9 Å². The molecule has 3 rings (SSSR count). The molecule has 0 radical (unpaired) electrons. The predicted octanol–water partition coefficient (Wildman–Crippen LogP) is 3.93. The first-order valence-corrected chi connectivity index (χ1v) is 9.87. The second-order valence-corrected chi connectivity index (χ2v) is 7.54. The van der Waals surface area contributed by atoms with Gasteiger partial charge in [0, 0.05) is 42.0 Å². The number of aryl methyl sites for hydroxylation is 1. The van der Waals surface area contributed by atoms with E-state index in [0.29, 0.717) is 13.1 Å². The highest BCUT2D eigenvalue weighted by Gasteiger charge is 2.19. The van der Waals surface area contributed by atoms with Crippen LogP contribution in [0.1, 0.15) is 35.9 Å². The minimum absolute atomic E-state index is 0.00786. The molecule has 5 nitrogen and oxygen atoms in total. The highest BCUT2D eigenvalue weighted by atomic mass is 32.1. The average Bonchev–Trinajstić information content (AvgIpc) is 3.26. The van der Waals surface area contributed by atoms with Gasteiger partial charge in [-0.15, -0.1) is 11.3 Å². The van der Waals surface area contributed by atoms with Crippen LogP contribution in [0.5, 0.6) is 0 Å². The van der Waals surface area contributed by atoms with Gasteiger partial charge >= 0.3 is 0 Å². The normalized spacial score (nSPS) is 11.2. The molecule has 1 amide bonds. The number of carbonyl (C=O) groups excluding carboxylic acids is 1. The Kier molecular flexibility index (Phi) is 6.06. The first kappa shape index (κ1) is 18.6. The molecule has 2 heterocycles. The molecule has 1 aromatic carbocycles. The molecule has 0 spiro atoms. The third-order valence-corrected chi connectivity index (χ3v) is 5.57. The summed E-state index contributed by atoms with van der Waals surface area (Å²) < 4.78 is 2.87. The van der Waals surface area contributed by atoms with Crippen molar-refractivity contribution in [3.63, 3.8) is 0 Å². The zero-order chi connectivity index (χ0) is 18.5. The predicted molar refractivity (Wildman–Crippen MR) is 107 cm³/mol. The van der Waals surface area contributed by atoms with E-state index in [1.807, 2.05) is 37.6 Å². The molecule has 0 bridgehead atoms. The first-order chi connectivity index (χ1) is 12.6. The maximum absolute atomic E-state index is 13.0. The van der Waals surface area contributed by atoms with E-state index in [0.717, 1.165) is 45.4 Å². The zero-order valence-electron chi connectivity index (χ0n) is 15.3. The Bertz CT molecular complexity index is 884. The number of aliphatic hydroxyl groups excluding tert-OH is 1. The van der Waals surface area contributed by atoms with Crippen LogP contribution in [-0.2, 0) is 7.05 Å². The van der Waals surface area contributed by atoms with Gasteiger partial charge in [-0.25, -0.2) is 0 Å². The van der Waals surface area contributed by atoms with Crippen LogP contribution >= 0.6 is 11.3 Å².